The van der Waals surface area contributed by atoms with Crippen molar-refractivity contribution in [1.82, 2.24) is 15.8 Å². The van der Waals surface area contributed by atoms with E-state index in [4.69, 9.17) is 4.74 Å². The van der Waals surface area contributed by atoms with Gasteiger partial charge < -0.3 is 9.72 Å². The molecule has 8 heteroatoms. The molecule has 1 heterocycles. The molecule has 8 nitrogen and oxygen atoms in total. The van der Waals surface area contributed by atoms with E-state index in [9.17, 15) is 19.2 Å². The minimum absolute atomic E-state index is 0.119. The Labute approximate surface area is 149 Å². The molecule has 0 spiro atoms. The Kier molecular flexibility index (Phi) is 5.90. The van der Waals surface area contributed by atoms with Crippen LogP contribution in [-0.4, -0.2) is 35.2 Å². The lowest BCUT2D eigenvalue weighted by atomic mass is 10.1. The first kappa shape index (κ1) is 18.9. The van der Waals surface area contributed by atoms with Crippen molar-refractivity contribution < 1.29 is 23.9 Å². The summed E-state index contributed by atoms with van der Waals surface area (Å²) >= 11 is 0. The maximum absolute atomic E-state index is 12.1. The number of Topliss-reactive ketones (excluding diaryl/α,β-unsaturated/α-hetero) is 1. The van der Waals surface area contributed by atoms with Crippen LogP contribution in [0, 0.1) is 13.8 Å². The molecule has 0 aliphatic heterocycles. The Hall–Kier alpha value is -3.42. The summed E-state index contributed by atoms with van der Waals surface area (Å²) in [5.74, 6) is -2.12. The van der Waals surface area contributed by atoms with Crippen LogP contribution >= 0.6 is 0 Å². The summed E-state index contributed by atoms with van der Waals surface area (Å²) in [6, 6.07) is 8.31. The predicted molar refractivity (Wildman–Crippen MR) is 92.6 cm³/mol. The highest BCUT2D eigenvalue weighted by Gasteiger charge is 2.21. The number of amides is 2. The molecule has 2 aromatic rings. The van der Waals surface area contributed by atoms with Crippen LogP contribution in [0.5, 0.6) is 0 Å². The molecular formula is C18H19N3O5. The number of hydrogen-bond acceptors (Lipinski definition) is 5. The van der Waals surface area contributed by atoms with E-state index in [1.807, 2.05) is 0 Å². The molecular weight excluding hydrogens is 338 g/mol. The van der Waals surface area contributed by atoms with Crippen molar-refractivity contribution in [2.75, 3.05) is 6.61 Å². The zero-order chi connectivity index (χ0) is 19.3. The van der Waals surface area contributed by atoms with E-state index in [0.717, 1.165) is 0 Å². The van der Waals surface area contributed by atoms with E-state index < -0.39 is 24.4 Å². The van der Waals surface area contributed by atoms with Crippen LogP contribution in [0.4, 0.5) is 0 Å². The summed E-state index contributed by atoms with van der Waals surface area (Å²) in [6.07, 6.45) is 0. The van der Waals surface area contributed by atoms with Gasteiger partial charge in [-0.15, -0.1) is 0 Å². The van der Waals surface area contributed by atoms with Crippen LogP contribution in [-0.2, 0) is 9.53 Å². The van der Waals surface area contributed by atoms with Gasteiger partial charge in [-0.05, 0) is 38.5 Å². The number of carbonyl (C=O) groups excluding carboxylic acids is 4. The highest BCUT2D eigenvalue weighted by atomic mass is 16.5. The summed E-state index contributed by atoms with van der Waals surface area (Å²) in [7, 11) is 0. The second-order valence-electron chi connectivity index (χ2n) is 5.63. The van der Waals surface area contributed by atoms with Gasteiger partial charge in [0.05, 0.1) is 0 Å². The third-order valence-electron chi connectivity index (χ3n) is 3.68. The third-order valence-corrected chi connectivity index (χ3v) is 3.68. The average Bonchev–Trinajstić information content (AvgIpc) is 2.92. The third kappa shape index (κ3) is 4.35. The highest BCUT2D eigenvalue weighted by molar-refractivity contribution is 6.01. The SMILES string of the molecule is CC(=O)c1c(C)[nH]c(C(=O)OCC(=O)NNC(=O)c2ccccc2)c1C. The van der Waals surface area contributed by atoms with E-state index in [1.165, 1.54) is 6.92 Å². The monoisotopic (exact) mass is 357 g/mol. The molecule has 0 aliphatic rings. The van der Waals surface area contributed by atoms with E-state index in [1.54, 1.807) is 44.2 Å². The van der Waals surface area contributed by atoms with E-state index in [2.05, 4.69) is 15.8 Å². The fraction of sp³-hybridized carbons (Fsp3) is 0.222. The van der Waals surface area contributed by atoms with Gasteiger partial charge in [0.1, 0.15) is 5.69 Å². The Morgan fingerprint density at radius 1 is 1.04 bits per heavy atom. The van der Waals surface area contributed by atoms with Crippen molar-refractivity contribution in [3.05, 3.63) is 58.4 Å². The number of benzene rings is 1. The van der Waals surface area contributed by atoms with Crippen LogP contribution in [0.1, 0.15) is 49.4 Å². The quantitative estimate of drug-likeness (QED) is 0.425. The number of aromatic amines is 1. The van der Waals surface area contributed by atoms with Crippen LogP contribution in [0.3, 0.4) is 0 Å². The van der Waals surface area contributed by atoms with E-state index in [0.29, 0.717) is 22.4 Å². The molecule has 136 valence electrons. The smallest absolute Gasteiger partial charge is 0.355 e. The van der Waals surface area contributed by atoms with Crippen LogP contribution in [0.25, 0.3) is 0 Å². The number of ketones is 1. The Balaban J connectivity index is 1.88. The van der Waals surface area contributed by atoms with Crippen molar-refractivity contribution in [2.45, 2.75) is 20.8 Å². The Bertz CT molecular complexity index is 855. The van der Waals surface area contributed by atoms with Gasteiger partial charge in [-0.1, -0.05) is 18.2 Å². The number of H-pyrrole nitrogens is 1. The summed E-state index contributed by atoms with van der Waals surface area (Å²) in [5.41, 5.74) is 6.32. The zero-order valence-electron chi connectivity index (χ0n) is 14.6. The molecule has 0 radical (unpaired) electrons. The first-order valence-corrected chi connectivity index (χ1v) is 7.82. The van der Waals surface area contributed by atoms with Crippen molar-refractivity contribution in [3.63, 3.8) is 0 Å². The van der Waals surface area contributed by atoms with Crippen molar-refractivity contribution in [1.29, 1.82) is 0 Å². The Morgan fingerprint density at radius 3 is 2.27 bits per heavy atom. The van der Waals surface area contributed by atoms with Crippen LogP contribution in [0.15, 0.2) is 30.3 Å². The molecule has 0 saturated carbocycles. The number of ether oxygens (including phenoxy) is 1. The molecule has 1 aromatic carbocycles. The number of hydrogen-bond donors (Lipinski definition) is 3. The van der Waals surface area contributed by atoms with Gasteiger partial charge >= 0.3 is 5.97 Å². The minimum atomic E-state index is -0.761. The van der Waals surface area contributed by atoms with Crippen LogP contribution in [0.2, 0.25) is 0 Å². The maximum atomic E-state index is 12.1. The van der Waals surface area contributed by atoms with Crippen molar-refractivity contribution in [3.8, 4) is 0 Å². The van der Waals surface area contributed by atoms with Crippen molar-refractivity contribution in [2.24, 2.45) is 0 Å². The van der Waals surface area contributed by atoms with Gasteiger partial charge in [-0.3, -0.25) is 25.2 Å². The highest BCUT2D eigenvalue weighted by Crippen LogP contribution is 2.19. The number of hydrazine groups is 1. The van der Waals surface area contributed by atoms with E-state index in [-0.39, 0.29) is 11.5 Å². The van der Waals surface area contributed by atoms with Gasteiger partial charge in [0.15, 0.2) is 12.4 Å². The number of nitrogens with one attached hydrogen (secondary N) is 3. The van der Waals surface area contributed by atoms with E-state index >= 15 is 0 Å². The summed E-state index contributed by atoms with van der Waals surface area (Å²) < 4.78 is 4.91. The number of rotatable bonds is 5. The summed E-state index contributed by atoms with van der Waals surface area (Å²) in [5, 5.41) is 0. The Morgan fingerprint density at radius 2 is 1.69 bits per heavy atom. The minimum Gasteiger partial charge on any atom is -0.451 e. The molecule has 0 bridgehead atoms. The molecule has 0 saturated heterocycles. The van der Waals surface area contributed by atoms with Gasteiger partial charge in [-0.2, -0.15) is 0 Å². The first-order valence-electron chi connectivity index (χ1n) is 7.82. The largest absolute Gasteiger partial charge is 0.451 e. The summed E-state index contributed by atoms with van der Waals surface area (Å²) in [4.78, 5) is 50.0. The normalized spacial score (nSPS) is 10.1. The van der Waals surface area contributed by atoms with Gasteiger partial charge in [0, 0.05) is 16.8 Å². The number of esters is 1. The molecule has 2 rings (SSSR count). The summed E-state index contributed by atoms with van der Waals surface area (Å²) in [6.45, 7) is 4.12. The lowest BCUT2D eigenvalue weighted by Gasteiger charge is -2.08. The molecule has 26 heavy (non-hydrogen) atoms. The fourth-order valence-corrected chi connectivity index (χ4v) is 2.51. The van der Waals surface area contributed by atoms with Crippen molar-refractivity contribution >= 4 is 23.6 Å². The number of aromatic nitrogens is 1. The predicted octanol–water partition coefficient (Wildman–Crippen LogP) is 1.45. The molecule has 0 unspecified atom stereocenters. The first-order chi connectivity index (χ1) is 12.3. The maximum Gasteiger partial charge on any atom is 0.355 e. The topological polar surface area (TPSA) is 117 Å². The van der Waals surface area contributed by atoms with Gasteiger partial charge in [0.25, 0.3) is 11.8 Å². The molecule has 0 atom stereocenters. The molecule has 3 N–H and O–H groups in total. The standard InChI is InChI=1S/C18H19N3O5/c1-10-15(12(3)22)11(2)19-16(10)18(25)26-9-14(23)20-21-17(24)13-7-5-4-6-8-13/h4-8,19H,9H2,1-3H3,(H,20,23)(H,21,24). The number of aryl methyl sites for hydroxylation is 1. The number of carbonyl (C=O) groups is 4. The second-order valence-corrected chi connectivity index (χ2v) is 5.63. The van der Waals surface area contributed by atoms with Gasteiger partial charge in [0.2, 0.25) is 0 Å². The molecule has 0 aliphatic carbocycles. The second kappa shape index (κ2) is 8.11. The average molecular weight is 357 g/mol. The fourth-order valence-electron chi connectivity index (χ4n) is 2.51. The molecule has 0 fully saturated rings. The lowest BCUT2D eigenvalue weighted by Crippen LogP contribution is -2.43. The molecule has 2 amide bonds. The van der Waals surface area contributed by atoms with Gasteiger partial charge in [-0.25, -0.2) is 4.79 Å². The lowest BCUT2D eigenvalue weighted by molar-refractivity contribution is -0.125. The molecule has 1 aromatic heterocycles. The van der Waals surface area contributed by atoms with Crippen LogP contribution < -0.4 is 10.9 Å². The zero-order valence-corrected chi connectivity index (χ0v) is 14.6.